The van der Waals surface area contributed by atoms with Crippen LogP contribution in [0.2, 0.25) is 0 Å². The normalized spacial score (nSPS) is 22.9. The van der Waals surface area contributed by atoms with Crippen LogP contribution in [0.3, 0.4) is 0 Å². The number of aromatic nitrogens is 4. The van der Waals surface area contributed by atoms with Crippen LogP contribution in [-0.4, -0.2) is 88.9 Å². The number of aliphatic hydroxyl groups is 3. The molecule has 1 saturated heterocycles. The van der Waals surface area contributed by atoms with Crippen molar-refractivity contribution >= 4 is 34.8 Å². The first-order valence-corrected chi connectivity index (χ1v) is 12.1. The smallest absolute Gasteiger partial charge is 0.280 e. The Labute approximate surface area is 214 Å². The predicted molar refractivity (Wildman–Crippen MR) is 130 cm³/mol. The number of benzene rings is 1. The third-order valence-corrected chi connectivity index (χ3v) is 6.65. The van der Waals surface area contributed by atoms with Gasteiger partial charge < -0.3 is 20.1 Å². The van der Waals surface area contributed by atoms with E-state index in [9.17, 15) is 34.5 Å². The van der Waals surface area contributed by atoms with Crippen LogP contribution < -0.4 is 10.9 Å². The summed E-state index contributed by atoms with van der Waals surface area (Å²) in [6.45, 7) is -0.264. The fraction of sp³-hybridized carbons (Fsp3) is 0.417. The van der Waals surface area contributed by atoms with Crippen LogP contribution in [-0.2, 0) is 9.53 Å². The molecule has 1 aromatic carbocycles. The Kier molecular flexibility index (Phi) is 7.03. The summed E-state index contributed by atoms with van der Waals surface area (Å²) in [6.07, 6.45) is -2.00. The van der Waals surface area contributed by atoms with Gasteiger partial charge in [-0.3, -0.25) is 38.9 Å². The summed E-state index contributed by atoms with van der Waals surface area (Å²) in [5, 5.41) is 32.2. The molecule has 5 N–H and O–H groups in total. The lowest BCUT2D eigenvalue weighted by Crippen LogP contribution is -2.33. The Hall–Kier alpha value is -3.98. The van der Waals surface area contributed by atoms with Crippen molar-refractivity contribution in [3.8, 4) is 0 Å². The van der Waals surface area contributed by atoms with E-state index in [-0.39, 0.29) is 41.9 Å². The number of unbranched alkanes of at least 4 members (excludes halogenated alkanes) is 2. The quantitative estimate of drug-likeness (QED) is 0.179. The van der Waals surface area contributed by atoms with E-state index in [4.69, 9.17) is 4.74 Å². The molecular weight excluding hydrogens is 500 g/mol. The van der Waals surface area contributed by atoms with E-state index in [1.165, 1.54) is 15.8 Å². The number of amides is 3. The van der Waals surface area contributed by atoms with E-state index in [1.807, 2.05) is 0 Å². The lowest BCUT2D eigenvalue weighted by molar-refractivity contribution is -0.116. The molecule has 2 aromatic heterocycles. The second kappa shape index (κ2) is 10.4. The maximum Gasteiger partial charge on any atom is 0.280 e. The number of carbonyl (C=O) groups is 3. The number of ether oxygens (including phenoxy) is 1. The first-order valence-electron chi connectivity index (χ1n) is 12.1. The van der Waals surface area contributed by atoms with E-state index in [0.717, 1.165) is 0 Å². The summed E-state index contributed by atoms with van der Waals surface area (Å²) in [6, 6.07) is 6.67. The van der Waals surface area contributed by atoms with Gasteiger partial charge in [0.05, 0.1) is 24.1 Å². The Balaban J connectivity index is 1.16. The largest absolute Gasteiger partial charge is 0.394 e. The number of imidazole rings is 1. The standard InChI is InChI=1S/C24H26N6O8/c31-10-14-17(33)18(34)23(38-14)30-11-25-16-19(30)27-24(28-20(16)35)26-15(32)8-2-1-5-9-29-21(36)12-6-3-4-7-13(12)22(29)37/h3-4,6-7,11,14,17-18,23,31,33-34H,1-2,5,8-10H2,(H2,26,27,28,32,35). The summed E-state index contributed by atoms with van der Waals surface area (Å²) in [7, 11) is 0. The molecule has 38 heavy (non-hydrogen) atoms. The minimum Gasteiger partial charge on any atom is -0.394 e. The molecule has 0 saturated carbocycles. The minimum atomic E-state index is -1.40. The van der Waals surface area contributed by atoms with Crippen LogP contribution in [0, 0.1) is 0 Å². The molecule has 1 fully saturated rings. The Bertz CT molecular complexity index is 1420. The average molecular weight is 527 g/mol. The molecule has 200 valence electrons. The van der Waals surface area contributed by atoms with E-state index >= 15 is 0 Å². The van der Waals surface area contributed by atoms with Crippen LogP contribution >= 0.6 is 0 Å². The zero-order chi connectivity index (χ0) is 27.0. The fourth-order valence-corrected chi connectivity index (χ4v) is 4.65. The Morgan fingerprint density at radius 2 is 1.76 bits per heavy atom. The number of hydrogen-bond donors (Lipinski definition) is 5. The van der Waals surface area contributed by atoms with Crippen molar-refractivity contribution in [2.45, 2.75) is 50.2 Å². The fourth-order valence-electron chi connectivity index (χ4n) is 4.65. The highest BCUT2D eigenvalue weighted by molar-refractivity contribution is 6.21. The minimum absolute atomic E-state index is 0.0137. The molecule has 2 aliphatic heterocycles. The number of hydrogen-bond acceptors (Lipinski definition) is 10. The lowest BCUT2D eigenvalue weighted by Gasteiger charge is -2.16. The van der Waals surface area contributed by atoms with Gasteiger partial charge >= 0.3 is 0 Å². The molecule has 0 radical (unpaired) electrons. The number of fused-ring (bicyclic) bond motifs is 2. The molecule has 14 heteroatoms. The van der Waals surface area contributed by atoms with Crippen molar-refractivity contribution in [1.82, 2.24) is 24.4 Å². The summed E-state index contributed by atoms with van der Waals surface area (Å²) in [5.74, 6) is -1.17. The molecule has 4 heterocycles. The molecule has 4 unspecified atom stereocenters. The highest BCUT2D eigenvalue weighted by Crippen LogP contribution is 2.31. The van der Waals surface area contributed by atoms with Gasteiger partial charge in [0.1, 0.15) is 18.3 Å². The van der Waals surface area contributed by atoms with Gasteiger partial charge in [-0.25, -0.2) is 4.98 Å². The van der Waals surface area contributed by atoms with Crippen molar-refractivity contribution in [3.05, 3.63) is 52.1 Å². The SMILES string of the molecule is O=C(CCCCCN1C(=O)c2ccccc2C1=O)Nc1nc2c(ncn2C2OC(CO)C(O)C2O)c(=O)[nH]1. The number of H-pyrrole nitrogens is 1. The van der Waals surface area contributed by atoms with Gasteiger partial charge in [-0.05, 0) is 25.0 Å². The van der Waals surface area contributed by atoms with Crippen LogP contribution in [0.4, 0.5) is 5.95 Å². The third-order valence-electron chi connectivity index (χ3n) is 6.65. The van der Waals surface area contributed by atoms with Crippen molar-refractivity contribution in [2.75, 3.05) is 18.5 Å². The van der Waals surface area contributed by atoms with Gasteiger partial charge in [-0.2, -0.15) is 4.98 Å². The van der Waals surface area contributed by atoms with Crippen LogP contribution in [0.5, 0.6) is 0 Å². The Morgan fingerprint density at radius 1 is 1.05 bits per heavy atom. The van der Waals surface area contributed by atoms with Crippen molar-refractivity contribution in [3.63, 3.8) is 0 Å². The third kappa shape index (κ3) is 4.58. The summed E-state index contributed by atoms with van der Waals surface area (Å²) >= 11 is 0. The lowest BCUT2D eigenvalue weighted by atomic mass is 10.1. The number of imide groups is 1. The number of nitrogens with one attached hydrogen (secondary N) is 2. The molecule has 2 aliphatic rings. The highest BCUT2D eigenvalue weighted by atomic mass is 16.6. The van der Waals surface area contributed by atoms with Gasteiger partial charge in [0, 0.05) is 13.0 Å². The summed E-state index contributed by atoms with van der Waals surface area (Å²) < 4.78 is 6.73. The molecule has 3 aromatic rings. The molecule has 0 bridgehead atoms. The number of aromatic amines is 1. The van der Waals surface area contributed by atoms with Crippen LogP contribution in [0.15, 0.2) is 35.4 Å². The average Bonchev–Trinajstić information content (AvgIpc) is 3.53. The van der Waals surface area contributed by atoms with E-state index in [1.54, 1.807) is 24.3 Å². The molecule has 3 amide bonds. The van der Waals surface area contributed by atoms with Gasteiger partial charge in [0.2, 0.25) is 11.9 Å². The summed E-state index contributed by atoms with van der Waals surface area (Å²) in [4.78, 5) is 61.6. The number of nitrogens with zero attached hydrogens (tertiary/aromatic N) is 4. The molecule has 4 atom stereocenters. The van der Waals surface area contributed by atoms with E-state index in [0.29, 0.717) is 30.4 Å². The molecular formula is C24H26N6O8. The summed E-state index contributed by atoms with van der Waals surface area (Å²) in [5.41, 5.74) is 0.121. The molecule has 0 aliphatic carbocycles. The van der Waals surface area contributed by atoms with Crippen molar-refractivity contribution in [1.29, 1.82) is 0 Å². The second-order valence-electron chi connectivity index (χ2n) is 9.13. The molecule has 14 nitrogen and oxygen atoms in total. The zero-order valence-corrected chi connectivity index (χ0v) is 20.1. The van der Waals surface area contributed by atoms with Crippen LogP contribution in [0.1, 0.15) is 52.6 Å². The maximum absolute atomic E-state index is 12.5. The number of carbonyl (C=O) groups excluding carboxylic acids is 3. The van der Waals surface area contributed by atoms with E-state index in [2.05, 4.69) is 20.3 Å². The molecule has 5 rings (SSSR count). The van der Waals surface area contributed by atoms with E-state index < -0.39 is 42.6 Å². The van der Waals surface area contributed by atoms with Gasteiger partial charge in [0.15, 0.2) is 17.4 Å². The monoisotopic (exact) mass is 526 g/mol. The van der Waals surface area contributed by atoms with Gasteiger partial charge in [-0.1, -0.05) is 18.6 Å². The number of aliphatic hydroxyl groups excluding tert-OH is 3. The van der Waals surface area contributed by atoms with Crippen LogP contribution in [0.25, 0.3) is 11.2 Å². The van der Waals surface area contributed by atoms with Gasteiger partial charge in [0.25, 0.3) is 17.4 Å². The number of anilines is 1. The number of rotatable bonds is 9. The zero-order valence-electron chi connectivity index (χ0n) is 20.1. The highest BCUT2D eigenvalue weighted by Gasteiger charge is 2.44. The first-order chi connectivity index (χ1) is 18.3. The predicted octanol–water partition coefficient (Wildman–Crippen LogP) is -0.474. The second-order valence-corrected chi connectivity index (χ2v) is 9.13. The topological polar surface area (TPSA) is 200 Å². The molecule has 0 spiro atoms. The van der Waals surface area contributed by atoms with Crippen molar-refractivity contribution < 1.29 is 34.4 Å². The first kappa shape index (κ1) is 25.7. The van der Waals surface area contributed by atoms with Gasteiger partial charge in [-0.15, -0.1) is 0 Å². The maximum atomic E-state index is 12.5. The Morgan fingerprint density at radius 3 is 2.42 bits per heavy atom. The van der Waals surface area contributed by atoms with Crippen molar-refractivity contribution in [2.24, 2.45) is 0 Å².